The van der Waals surface area contributed by atoms with Crippen molar-refractivity contribution in [1.82, 2.24) is 10.3 Å². The average molecular weight is 585 g/mol. The molecule has 4 rings (SSSR count). The normalized spacial score (nSPS) is 13.5. The number of halogens is 9. The number of alkyl halides is 6. The second kappa shape index (κ2) is 10.9. The molecule has 0 saturated carbocycles. The number of carbonyl (C=O) groups is 1. The highest BCUT2D eigenvalue weighted by Crippen LogP contribution is 2.40. The van der Waals surface area contributed by atoms with E-state index >= 15 is 4.39 Å². The van der Waals surface area contributed by atoms with E-state index in [-0.39, 0.29) is 23.2 Å². The largest absolute Gasteiger partial charge is 0.419 e. The topological polar surface area (TPSA) is 42.0 Å². The minimum Gasteiger partial charge on any atom is -0.336 e. The molecule has 0 fully saturated rings. The number of hydrogen-bond acceptors (Lipinski definition) is 2. The fourth-order valence-electron chi connectivity index (χ4n) is 4.26. The molecule has 0 spiro atoms. The van der Waals surface area contributed by atoms with Crippen LogP contribution in [0.2, 0.25) is 5.02 Å². The third-order valence-corrected chi connectivity index (χ3v) is 6.33. The molecule has 208 valence electrons. The van der Waals surface area contributed by atoms with Gasteiger partial charge < -0.3 is 5.32 Å². The molecule has 0 aliphatic heterocycles. The van der Waals surface area contributed by atoms with Gasteiger partial charge in [0.05, 0.1) is 21.8 Å². The maximum Gasteiger partial charge on any atom is 0.419 e. The fourth-order valence-corrected chi connectivity index (χ4v) is 4.37. The third-order valence-electron chi connectivity index (χ3n) is 6.10. The minimum absolute atomic E-state index is 0.113. The lowest BCUT2D eigenvalue weighted by atomic mass is 9.79. The van der Waals surface area contributed by atoms with Gasteiger partial charge in [-0.3, -0.25) is 9.78 Å². The van der Waals surface area contributed by atoms with Crippen LogP contribution in [0.25, 0.3) is 0 Å². The molecular formula is C28H17ClF8N2O. The Balaban J connectivity index is 1.99. The molecule has 0 saturated heterocycles. The van der Waals surface area contributed by atoms with Crippen molar-refractivity contribution in [2.75, 3.05) is 0 Å². The highest BCUT2D eigenvalue weighted by molar-refractivity contribution is 6.30. The Morgan fingerprint density at radius 2 is 1.43 bits per heavy atom. The molecule has 0 unspecified atom stereocenters. The fraction of sp³-hybridized carbons (Fsp3) is 0.143. The number of nitrogens with zero attached hydrogens (tertiary/aromatic N) is 1. The van der Waals surface area contributed by atoms with Gasteiger partial charge in [0.15, 0.2) is 0 Å². The van der Waals surface area contributed by atoms with Gasteiger partial charge in [0, 0.05) is 23.7 Å². The third kappa shape index (κ3) is 5.94. The van der Waals surface area contributed by atoms with Gasteiger partial charge in [0.25, 0.3) is 5.91 Å². The van der Waals surface area contributed by atoms with E-state index in [4.69, 9.17) is 11.6 Å². The summed E-state index contributed by atoms with van der Waals surface area (Å²) in [7, 11) is 0. The van der Waals surface area contributed by atoms with Crippen LogP contribution < -0.4 is 5.32 Å². The summed E-state index contributed by atoms with van der Waals surface area (Å²) in [6.07, 6.45) is -9.52. The van der Waals surface area contributed by atoms with Gasteiger partial charge in [0.2, 0.25) is 0 Å². The summed E-state index contributed by atoms with van der Waals surface area (Å²) in [6.45, 7) is 0. The maximum absolute atomic E-state index is 15.7. The van der Waals surface area contributed by atoms with Crippen molar-refractivity contribution in [3.05, 3.63) is 135 Å². The summed E-state index contributed by atoms with van der Waals surface area (Å²) in [5.41, 5.74) is -6.64. The Kier molecular flexibility index (Phi) is 7.89. The number of carbonyl (C=O) groups excluding carboxylic acids is 1. The molecule has 0 radical (unpaired) electrons. The van der Waals surface area contributed by atoms with E-state index < -0.39 is 57.7 Å². The molecule has 3 aromatic carbocycles. The molecule has 0 bridgehead atoms. The number of amides is 1. The molecule has 1 N–H and O–H groups in total. The first-order valence-electron chi connectivity index (χ1n) is 11.4. The van der Waals surface area contributed by atoms with Crippen LogP contribution in [0, 0.1) is 11.6 Å². The van der Waals surface area contributed by atoms with Crippen LogP contribution in [0.3, 0.4) is 0 Å². The number of rotatable bonds is 6. The zero-order chi connectivity index (χ0) is 29.3. The Bertz CT molecular complexity index is 1520. The van der Waals surface area contributed by atoms with Crippen molar-refractivity contribution < 1.29 is 39.9 Å². The van der Waals surface area contributed by atoms with E-state index in [2.05, 4.69) is 10.3 Å². The summed E-state index contributed by atoms with van der Waals surface area (Å²) in [4.78, 5) is 17.6. The first-order chi connectivity index (χ1) is 18.7. The highest BCUT2D eigenvalue weighted by atomic mass is 35.5. The Hall–Kier alpha value is -3.99. The van der Waals surface area contributed by atoms with E-state index in [1.807, 2.05) is 0 Å². The van der Waals surface area contributed by atoms with E-state index in [0.717, 1.165) is 24.4 Å². The smallest absolute Gasteiger partial charge is 0.336 e. The summed E-state index contributed by atoms with van der Waals surface area (Å²) < 4.78 is 111. The number of benzene rings is 3. The Labute approximate surface area is 227 Å². The van der Waals surface area contributed by atoms with Crippen LogP contribution in [-0.4, -0.2) is 10.9 Å². The lowest BCUT2D eigenvalue weighted by Gasteiger charge is -2.36. The molecular weight excluding hydrogens is 568 g/mol. The summed E-state index contributed by atoms with van der Waals surface area (Å²) >= 11 is 5.95. The summed E-state index contributed by atoms with van der Waals surface area (Å²) in [5, 5.41) is 2.54. The number of nitrogens with one attached hydrogen (secondary N) is 1. The Morgan fingerprint density at radius 1 is 0.775 bits per heavy atom. The van der Waals surface area contributed by atoms with Crippen molar-refractivity contribution >= 4 is 17.5 Å². The van der Waals surface area contributed by atoms with Crippen LogP contribution >= 0.6 is 11.6 Å². The average Bonchev–Trinajstić information content (AvgIpc) is 2.88. The van der Waals surface area contributed by atoms with Gasteiger partial charge in [-0.1, -0.05) is 54.1 Å². The van der Waals surface area contributed by atoms with Crippen molar-refractivity contribution in [2.45, 2.75) is 24.3 Å². The molecule has 3 nitrogen and oxygen atoms in total. The van der Waals surface area contributed by atoms with Gasteiger partial charge in [-0.25, -0.2) is 8.78 Å². The number of hydrogen-bond donors (Lipinski definition) is 1. The van der Waals surface area contributed by atoms with E-state index in [1.165, 1.54) is 12.1 Å². The van der Waals surface area contributed by atoms with Crippen LogP contribution in [0.1, 0.15) is 38.3 Å². The highest BCUT2D eigenvalue weighted by Gasteiger charge is 2.44. The van der Waals surface area contributed by atoms with Gasteiger partial charge in [-0.2, -0.15) is 26.3 Å². The van der Waals surface area contributed by atoms with E-state index in [1.54, 1.807) is 30.3 Å². The van der Waals surface area contributed by atoms with Crippen LogP contribution in [0.15, 0.2) is 85.1 Å². The molecule has 1 amide bonds. The maximum atomic E-state index is 15.7. The molecule has 1 heterocycles. The molecule has 1 aromatic heterocycles. The van der Waals surface area contributed by atoms with Gasteiger partial charge in [-0.05, 0) is 42.0 Å². The zero-order valence-electron chi connectivity index (χ0n) is 20.0. The molecule has 4 aromatic rings. The molecule has 12 heteroatoms. The Morgan fingerprint density at radius 3 is 2.02 bits per heavy atom. The molecule has 40 heavy (non-hydrogen) atoms. The second-order valence-corrected chi connectivity index (χ2v) is 9.18. The quantitative estimate of drug-likeness (QED) is 0.234. The predicted octanol–water partition coefficient (Wildman–Crippen LogP) is 7.97. The molecule has 0 aliphatic rings. The zero-order valence-corrected chi connectivity index (χ0v) is 20.8. The van der Waals surface area contributed by atoms with Crippen molar-refractivity contribution in [1.29, 1.82) is 0 Å². The first-order valence-corrected chi connectivity index (χ1v) is 11.8. The van der Waals surface area contributed by atoms with Gasteiger partial charge >= 0.3 is 12.4 Å². The molecule has 0 aliphatic carbocycles. The van der Waals surface area contributed by atoms with Crippen molar-refractivity contribution in [2.24, 2.45) is 0 Å². The second-order valence-electron chi connectivity index (χ2n) is 8.74. The standard InChI is InChI=1S/C28H17ClF8N2O/c29-18-10-12-23(38-15-18)26(14-16-5-2-1-3-6-16,19-7-4-8-20(24(19)31)27(32,33)34)39-25(40)17-9-11-22(30)21(13-17)28(35,36)37/h1-13,15H,14H2,(H,39,40)/t26-/m0/s1. The predicted molar refractivity (Wildman–Crippen MR) is 130 cm³/mol. The molecule has 1 atom stereocenters. The first kappa shape index (κ1) is 29.0. The number of aromatic nitrogens is 1. The van der Waals surface area contributed by atoms with Gasteiger partial charge in [-0.15, -0.1) is 0 Å². The lowest BCUT2D eigenvalue weighted by molar-refractivity contribution is -0.140. The SMILES string of the molecule is O=C(N[C@](Cc1ccccc1)(c1ccc(Cl)cn1)c1cccc(C(F)(F)F)c1F)c1ccc(F)c(C(F)(F)F)c1. The van der Waals surface area contributed by atoms with Crippen LogP contribution in [-0.2, 0) is 24.3 Å². The van der Waals surface area contributed by atoms with E-state index in [9.17, 15) is 35.5 Å². The lowest BCUT2D eigenvalue weighted by Crippen LogP contribution is -2.50. The summed E-state index contributed by atoms with van der Waals surface area (Å²) in [5.74, 6) is -4.61. The van der Waals surface area contributed by atoms with Crippen molar-refractivity contribution in [3.63, 3.8) is 0 Å². The minimum atomic E-state index is -5.15. The van der Waals surface area contributed by atoms with E-state index in [0.29, 0.717) is 17.7 Å². The number of pyridine rings is 1. The van der Waals surface area contributed by atoms with Crippen molar-refractivity contribution in [3.8, 4) is 0 Å². The van der Waals surface area contributed by atoms with Crippen LogP contribution in [0.5, 0.6) is 0 Å². The van der Waals surface area contributed by atoms with Gasteiger partial charge in [0.1, 0.15) is 17.2 Å². The monoisotopic (exact) mass is 584 g/mol. The summed E-state index contributed by atoms with van der Waals surface area (Å²) in [6, 6.07) is 14.4. The van der Waals surface area contributed by atoms with Crippen LogP contribution in [0.4, 0.5) is 35.1 Å².